The van der Waals surface area contributed by atoms with Gasteiger partial charge in [-0.2, -0.15) is 0 Å². The molecule has 0 aromatic heterocycles. The number of carbonyl (C=O) groups excluding carboxylic acids is 3. The molecule has 9 heteroatoms. The third-order valence-corrected chi connectivity index (χ3v) is 4.28. The number of nitrogens with one attached hydrogen (secondary N) is 1. The summed E-state index contributed by atoms with van der Waals surface area (Å²) in [4.78, 5) is 37.1. The van der Waals surface area contributed by atoms with Gasteiger partial charge in [0.1, 0.15) is 12.1 Å². The molecule has 0 aliphatic carbocycles. The van der Waals surface area contributed by atoms with Crippen LogP contribution in [-0.2, 0) is 24.6 Å². The average Bonchev–Trinajstić information content (AvgIpc) is 2.75. The zero-order chi connectivity index (χ0) is 18.6. The van der Waals surface area contributed by atoms with Crippen molar-refractivity contribution in [3.8, 4) is 0 Å². The van der Waals surface area contributed by atoms with Gasteiger partial charge in [-0.15, -0.1) is 0 Å². The fourth-order valence-corrected chi connectivity index (χ4v) is 3.09. The van der Waals surface area contributed by atoms with E-state index in [-0.39, 0.29) is 31.4 Å². The minimum absolute atomic E-state index is 0.00483. The number of hydrogen-bond donors (Lipinski definition) is 1. The summed E-state index contributed by atoms with van der Waals surface area (Å²) in [5.74, 6) is -0.959. The Labute approximate surface area is 155 Å². The van der Waals surface area contributed by atoms with Gasteiger partial charge in [0.25, 0.3) is 5.91 Å². The number of benzene rings is 1. The molecule has 0 spiro atoms. The van der Waals surface area contributed by atoms with Crippen LogP contribution < -0.4 is 5.32 Å². The van der Waals surface area contributed by atoms with E-state index in [9.17, 15) is 14.4 Å². The lowest BCUT2D eigenvalue weighted by molar-refractivity contribution is -0.148. The minimum atomic E-state index is -1.29. The number of nitrogens with zero attached hydrogens (tertiary/aromatic N) is 1. The van der Waals surface area contributed by atoms with E-state index in [0.29, 0.717) is 10.6 Å². The molecule has 1 aliphatic heterocycles. The molecular weight excluding hydrogens is 371 g/mol. The van der Waals surface area contributed by atoms with Crippen molar-refractivity contribution in [1.82, 2.24) is 10.2 Å². The number of esters is 1. The molecule has 0 bridgehead atoms. The van der Waals surface area contributed by atoms with Gasteiger partial charge in [0, 0.05) is 15.6 Å². The van der Waals surface area contributed by atoms with Gasteiger partial charge in [-0.05, 0) is 26.0 Å². The molecule has 7 nitrogen and oxygen atoms in total. The summed E-state index contributed by atoms with van der Waals surface area (Å²) in [6.45, 7) is 3.30. The fraction of sp³-hybridized carbons (Fsp3) is 0.438. The van der Waals surface area contributed by atoms with E-state index >= 15 is 0 Å². The summed E-state index contributed by atoms with van der Waals surface area (Å²) in [7, 11) is 0. The Balaban J connectivity index is 2.02. The van der Waals surface area contributed by atoms with Crippen molar-refractivity contribution < 1.29 is 23.9 Å². The van der Waals surface area contributed by atoms with Crippen LogP contribution in [0.15, 0.2) is 18.2 Å². The summed E-state index contributed by atoms with van der Waals surface area (Å²) in [6.07, 6.45) is 0. The van der Waals surface area contributed by atoms with Crippen LogP contribution in [0.3, 0.4) is 0 Å². The molecule has 1 atom stereocenters. The number of urea groups is 1. The molecule has 1 saturated heterocycles. The van der Waals surface area contributed by atoms with Crippen molar-refractivity contribution >= 4 is 41.1 Å². The van der Waals surface area contributed by atoms with Gasteiger partial charge in [-0.1, -0.05) is 29.3 Å². The Kier molecular flexibility index (Phi) is 6.26. The van der Waals surface area contributed by atoms with Gasteiger partial charge in [0.15, 0.2) is 0 Å². The van der Waals surface area contributed by atoms with Crippen molar-refractivity contribution in [2.75, 3.05) is 26.4 Å². The van der Waals surface area contributed by atoms with Crippen LogP contribution in [0.25, 0.3) is 0 Å². The first kappa shape index (κ1) is 19.5. The number of rotatable bonds is 7. The number of hydrogen-bond acceptors (Lipinski definition) is 5. The first-order chi connectivity index (χ1) is 11.8. The van der Waals surface area contributed by atoms with E-state index in [4.69, 9.17) is 32.7 Å². The lowest BCUT2D eigenvalue weighted by Gasteiger charge is -2.23. The molecule has 3 amide bonds. The quantitative estimate of drug-likeness (QED) is 0.440. The molecule has 1 aromatic carbocycles. The first-order valence-electron chi connectivity index (χ1n) is 7.62. The maximum absolute atomic E-state index is 12.7. The Hall–Kier alpha value is -1.83. The van der Waals surface area contributed by atoms with Crippen molar-refractivity contribution in [3.05, 3.63) is 33.8 Å². The standard InChI is InChI=1S/C16H18Cl2N2O5/c1-3-25-13(21)9-24-7-6-20-14(22)16(2,19-15(20)23)11-5-4-10(17)8-12(11)18/h4-5,8H,3,6-7,9H2,1-2H3,(H,19,23). The van der Waals surface area contributed by atoms with E-state index in [1.807, 2.05) is 0 Å². The zero-order valence-electron chi connectivity index (χ0n) is 13.8. The van der Waals surface area contributed by atoms with Crippen molar-refractivity contribution in [2.24, 2.45) is 0 Å². The molecular formula is C16H18Cl2N2O5. The van der Waals surface area contributed by atoms with Crippen LogP contribution in [0.2, 0.25) is 10.0 Å². The van der Waals surface area contributed by atoms with Crippen LogP contribution >= 0.6 is 23.2 Å². The highest BCUT2D eigenvalue weighted by atomic mass is 35.5. The van der Waals surface area contributed by atoms with Gasteiger partial charge in [0.2, 0.25) is 0 Å². The highest BCUT2D eigenvalue weighted by molar-refractivity contribution is 6.35. The van der Waals surface area contributed by atoms with Gasteiger partial charge in [-0.3, -0.25) is 9.69 Å². The van der Waals surface area contributed by atoms with Crippen molar-refractivity contribution in [2.45, 2.75) is 19.4 Å². The van der Waals surface area contributed by atoms with Crippen LogP contribution in [0.4, 0.5) is 4.79 Å². The number of halogens is 2. The molecule has 1 fully saturated rings. The lowest BCUT2D eigenvalue weighted by atomic mass is 9.92. The third-order valence-electron chi connectivity index (χ3n) is 3.73. The summed E-state index contributed by atoms with van der Waals surface area (Å²) < 4.78 is 9.85. The monoisotopic (exact) mass is 388 g/mol. The molecule has 1 unspecified atom stereocenters. The van der Waals surface area contributed by atoms with Crippen molar-refractivity contribution in [1.29, 1.82) is 0 Å². The first-order valence-corrected chi connectivity index (χ1v) is 8.38. The number of ether oxygens (including phenoxy) is 2. The Morgan fingerprint density at radius 1 is 1.32 bits per heavy atom. The average molecular weight is 389 g/mol. The second kappa shape index (κ2) is 8.03. The van der Waals surface area contributed by atoms with E-state index in [1.54, 1.807) is 26.0 Å². The molecule has 1 N–H and O–H groups in total. The third kappa shape index (κ3) is 4.23. The zero-order valence-corrected chi connectivity index (χ0v) is 15.3. The summed E-state index contributed by atoms with van der Waals surface area (Å²) in [5.41, 5.74) is -0.841. The predicted octanol–water partition coefficient (Wildman–Crippen LogP) is 2.34. The maximum Gasteiger partial charge on any atom is 0.332 e. The maximum atomic E-state index is 12.7. The Morgan fingerprint density at radius 2 is 2.04 bits per heavy atom. The smallest absolute Gasteiger partial charge is 0.332 e. The number of imide groups is 1. The normalized spacial score (nSPS) is 19.9. The second-order valence-electron chi connectivity index (χ2n) is 5.49. The SMILES string of the molecule is CCOC(=O)COCCN1C(=O)NC(C)(c2ccc(Cl)cc2Cl)C1=O. The summed E-state index contributed by atoms with van der Waals surface area (Å²) in [5, 5.41) is 3.35. The summed E-state index contributed by atoms with van der Waals surface area (Å²) >= 11 is 12.0. The Morgan fingerprint density at radius 3 is 2.68 bits per heavy atom. The van der Waals surface area contributed by atoms with Crippen LogP contribution in [0, 0.1) is 0 Å². The fourth-order valence-electron chi connectivity index (χ4n) is 2.49. The molecule has 136 valence electrons. The van der Waals surface area contributed by atoms with E-state index < -0.39 is 23.4 Å². The van der Waals surface area contributed by atoms with Crippen LogP contribution in [0.1, 0.15) is 19.4 Å². The minimum Gasteiger partial charge on any atom is -0.464 e. The van der Waals surface area contributed by atoms with E-state index in [0.717, 1.165) is 4.90 Å². The number of carbonyl (C=O) groups is 3. The van der Waals surface area contributed by atoms with Crippen LogP contribution in [-0.4, -0.2) is 49.2 Å². The molecule has 25 heavy (non-hydrogen) atoms. The van der Waals surface area contributed by atoms with Gasteiger partial charge in [0.05, 0.1) is 19.8 Å². The van der Waals surface area contributed by atoms with Gasteiger partial charge < -0.3 is 14.8 Å². The van der Waals surface area contributed by atoms with E-state index in [2.05, 4.69) is 5.32 Å². The van der Waals surface area contributed by atoms with Gasteiger partial charge in [-0.25, -0.2) is 9.59 Å². The summed E-state index contributed by atoms with van der Waals surface area (Å²) in [6, 6.07) is 4.15. The highest BCUT2D eigenvalue weighted by Crippen LogP contribution is 2.34. The molecule has 2 rings (SSSR count). The van der Waals surface area contributed by atoms with E-state index in [1.165, 1.54) is 6.07 Å². The molecule has 1 aliphatic rings. The molecule has 0 saturated carbocycles. The van der Waals surface area contributed by atoms with Crippen molar-refractivity contribution in [3.63, 3.8) is 0 Å². The lowest BCUT2D eigenvalue weighted by Crippen LogP contribution is -2.41. The topological polar surface area (TPSA) is 84.9 Å². The number of amides is 3. The highest BCUT2D eigenvalue weighted by Gasteiger charge is 2.49. The molecule has 1 aromatic rings. The predicted molar refractivity (Wildman–Crippen MR) is 91.5 cm³/mol. The largest absolute Gasteiger partial charge is 0.464 e. The molecule has 0 radical (unpaired) electrons. The second-order valence-corrected chi connectivity index (χ2v) is 6.34. The molecule has 1 heterocycles. The van der Waals surface area contributed by atoms with Gasteiger partial charge >= 0.3 is 12.0 Å². The Bertz CT molecular complexity index is 697. The van der Waals surface area contributed by atoms with Crippen LogP contribution in [0.5, 0.6) is 0 Å².